The summed E-state index contributed by atoms with van der Waals surface area (Å²) in [5, 5.41) is 0. The van der Waals surface area contributed by atoms with Crippen LogP contribution in [0.2, 0.25) is 0 Å². The van der Waals surface area contributed by atoms with Crippen LogP contribution in [-0.4, -0.2) is 48.7 Å². The van der Waals surface area contributed by atoms with Crippen molar-refractivity contribution in [2.45, 2.75) is 62.7 Å². The van der Waals surface area contributed by atoms with E-state index in [0.717, 1.165) is 51.4 Å². The highest BCUT2D eigenvalue weighted by molar-refractivity contribution is 9.09. The van der Waals surface area contributed by atoms with Crippen LogP contribution in [0.4, 0.5) is 0 Å². The van der Waals surface area contributed by atoms with Crippen LogP contribution in [0.3, 0.4) is 0 Å². The Morgan fingerprint density at radius 3 is 3.12 bits per heavy atom. The van der Waals surface area contributed by atoms with Crippen LogP contribution in [0, 0.1) is 0 Å². The van der Waals surface area contributed by atoms with Crippen LogP contribution in [0.5, 0.6) is 5.75 Å². The first kappa shape index (κ1) is 19.2. The highest BCUT2D eigenvalue weighted by Crippen LogP contribution is 2.32. The van der Waals surface area contributed by atoms with E-state index in [9.17, 15) is 0 Å². The molecule has 140 valence electrons. The zero-order valence-corrected chi connectivity index (χ0v) is 17.1. The average Bonchev–Trinajstić information content (AvgIpc) is 2.64. The molecule has 1 aromatic rings. The summed E-state index contributed by atoms with van der Waals surface area (Å²) in [5.41, 5.74) is 2.89. The lowest BCUT2D eigenvalue weighted by Crippen LogP contribution is -2.45. The summed E-state index contributed by atoms with van der Waals surface area (Å²) in [7, 11) is 0. The number of benzene rings is 1. The van der Waals surface area contributed by atoms with Gasteiger partial charge >= 0.3 is 0 Å². The van der Waals surface area contributed by atoms with Crippen molar-refractivity contribution in [1.29, 1.82) is 0 Å². The quantitative estimate of drug-likeness (QED) is 0.462. The molecule has 2 atom stereocenters. The fourth-order valence-corrected chi connectivity index (χ4v) is 4.51. The van der Waals surface area contributed by atoms with Crippen LogP contribution in [-0.2, 0) is 17.6 Å². The fourth-order valence-electron chi connectivity index (χ4n) is 3.96. The van der Waals surface area contributed by atoms with E-state index in [2.05, 4.69) is 46.0 Å². The third kappa shape index (κ3) is 5.45. The molecule has 0 radical (unpaired) electrons. The SMILES string of the molecule is CCCCN1CCOCC1CCCOc1cccc2c1CC(Br)CC2. The number of nitrogens with zero attached hydrogens (tertiary/aromatic N) is 1. The van der Waals surface area contributed by atoms with Gasteiger partial charge in [-0.2, -0.15) is 0 Å². The van der Waals surface area contributed by atoms with Crippen molar-refractivity contribution in [2.24, 2.45) is 0 Å². The Balaban J connectivity index is 1.47. The number of ether oxygens (including phenoxy) is 2. The number of unbranched alkanes of at least 4 members (excludes halogenated alkanes) is 1. The first-order valence-electron chi connectivity index (χ1n) is 9.97. The molecule has 4 heteroatoms. The van der Waals surface area contributed by atoms with Gasteiger partial charge in [-0.1, -0.05) is 41.4 Å². The number of aryl methyl sites for hydroxylation is 1. The van der Waals surface area contributed by atoms with Crippen molar-refractivity contribution in [2.75, 3.05) is 32.9 Å². The number of fused-ring (bicyclic) bond motifs is 1. The summed E-state index contributed by atoms with van der Waals surface area (Å²) in [4.78, 5) is 3.21. The maximum atomic E-state index is 6.18. The first-order valence-corrected chi connectivity index (χ1v) is 10.9. The smallest absolute Gasteiger partial charge is 0.122 e. The molecular formula is C21H32BrNO2. The lowest BCUT2D eigenvalue weighted by Gasteiger charge is -2.35. The predicted octanol–water partition coefficient (Wildman–Crippen LogP) is 4.60. The van der Waals surface area contributed by atoms with E-state index in [4.69, 9.17) is 9.47 Å². The third-order valence-electron chi connectivity index (χ3n) is 5.47. The Bertz CT molecular complexity index is 537. The number of morpholine rings is 1. The maximum Gasteiger partial charge on any atom is 0.122 e. The molecule has 1 fully saturated rings. The molecule has 0 saturated carbocycles. The zero-order chi connectivity index (χ0) is 17.5. The van der Waals surface area contributed by atoms with E-state index in [1.807, 2.05) is 0 Å². The van der Waals surface area contributed by atoms with Gasteiger partial charge in [0.05, 0.1) is 19.8 Å². The minimum atomic E-state index is 0.570. The van der Waals surface area contributed by atoms with Gasteiger partial charge in [-0.3, -0.25) is 4.90 Å². The number of hydrogen-bond donors (Lipinski definition) is 0. The van der Waals surface area contributed by atoms with Gasteiger partial charge in [-0.15, -0.1) is 0 Å². The minimum absolute atomic E-state index is 0.570. The van der Waals surface area contributed by atoms with E-state index in [-0.39, 0.29) is 0 Å². The Labute approximate surface area is 161 Å². The van der Waals surface area contributed by atoms with Crippen molar-refractivity contribution < 1.29 is 9.47 Å². The lowest BCUT2D eigenvalue weighted by atomic mass is 9.91. The molecule has 0 bridgehead atoms. The lowest BCUT2D eigenvalue weighted by molar-refractivity contribution is -0.0124. The van der Waals surface area contributed by atoms with E-state index in [1.165, 1.54) is 43.4 Å². The number of rotatable bonds is 8. The summed E-state index contributed by atoms with van der Waals surface area (Å²) in [6.07, 6.45) is 8.29. The summed E-state index contributed by atoms with van der Waals surface area (Å²) in [6, 6.07) is 7.11. The van der Waals surface area contributed by atoms with E-state index in [1.54, 1.807) is 0 Å². The summed E-state index contributed by atoms with van der Waals surface area (Å²) < 4.78 is 11.9. The van der Waals surface area contributed by atoms with Crippen LogP contribution in [0.25, 0.3) is 0 Å². The van der Waals surface area contributed by atoms with Gasteiger partial charge in [0.1, 0.15) is 5.75 Å². The Morgan fingerprint density at radius 2 is 2.24 bits per heavy atom. The topological polar surface area (TPSA) is 21.7 Å². The molecule has 2 unspecified atom stereocenters. The maximum absolute atomic E-state index is 6.18. The van der Waals surface area contributed by atoms with Gasteiger partial charge in [0, 0.05) is 17.4 Å². The first-order chi connectivity index (χ1) is 12.3. The normalized spacial score (nSPS) is 24.1. The molecule has 25 heavy (non-hydrogen) atoms. The molecular weight excluding hydrogens is 378 g/mol. The Kier molecular flexibility index (Phi) is 7.63. The van der Waals surface area contributed by atoms with Crippen molar-refractivity contribution in [1.82, 2.24) is 4.90 Å². The molecule has 0 aromatic heterocycles. The standard InChI is InChI=1S/C21H32BrNO2/c1-2-3-11-23-12-14-24-16-19(23)7-5-13-25-21-8-4-6-17-9-10-18(22)15-20(17)21/h4,6,8,18-19H,2-3,5,7,9-16H2,1H3. The molecule has 1 aliphatic carbocycles. The van der Waals surface area contributed by atoms with Gasteiger partial charge in [-0.05, 0) is 62.3 Å². The molecule has 1 saturated heterocycles. The largest absolute Gasteiger partial charge is 0.493 e. The summed E-state index contributed by atoms with van der Waals surface area (Å²) >= 11 is 3.78. The summed E-state index contributed by atoms with van der Waals surface area (Å²) in [5.74, 6) is 1.10. The molecule has 3 nitrogen and oxygen atoms in total. The van der Waals surface area contributed by atoms with Gasteiger partial charge in [0.25, 0.3) is 0 Å². The van der Waals surface area contributed by atoms with Crippen LogP contribution >= 0.6 is 15.9 Å². The molecule has 3 rings (SSSR count). The third-order valence-corrected chi connectivity index (χ3v) is 6.25. The van der Waals surface area contributed by atoms with Crippen LogP contribution < -0.4 is 4.74 Å². The van der Waals surface area contributed by atoms with Crippen LogP contribution in [0.15, 0.2) is 18.2 Å². The van der Waals surface area contributed by atoms with Gasteiger partial charge in [0.15, 0.2) is 0 Å². The molecule has 0 spiro atoms. The highest BCUT2D eigenvalue weighted by Gasteiger charge is 2.22. The molecule has 1 aromatic carbocycles. The monoisotopic (exact) mass is 409 g/mol. The second kappa shape index (κ2) is 9.94. The van der Waals surface area contributed by atoms with E-state index in [0.29, 0.717) is 10.9 Å². The highest BCUT2D eigenvalue weighted by atomic mass is 79.9. The van der Waals surface area contributed by atoms with Gasteiger partial charge in [-0.25, -0.2) is 0 Å². The molecule has 0 amide bonds. The van der Waals surface area contributed by atoms with Crippen molar-refractivity contribution in [3.05, 3.63) is 29.3 Å². The number of halogens is 1. The summed E-state index contributed by atoms with van der Waals surface area (Å²) in [6.45, 7) is 7.15. The molecule has 2 aliphatic rings. The number of alkyl halides is 1. The van der Waals surface area contributed by atoms with Crippen molar-refractivity contribution in [3.8, 4) is 5.75 Å². The minimum Gasteiger partial charge on any atom is -0.493 e. The van der Waals surface area contributed by atoms with Crippen molar-refractivity contribution in [3.63, 3.8) is 0 Å². The molecule has 1 heterocycles. The Hall–Kier alpha value is -0.580. The average molecular weight is 410 g/mol. The second-order valence-electron chi connectivity index (χ2n) is 7.34. The molecule has 0 N–H and O–H groups in total. The second-order valence-corrected chi connectivity index (χ2v) is 8.64. The predicted molar refractivity (Wildman–Crippen MR) is 107 cm³/mol. The van der Waals surface area contributed by atoms with Crippen molar-refractivity contribution >= 4 is 15.9 Å². The zero-order valence-electron chi connectivity index (χ0n) is 15.5. The van der Waals surface area contributed by atoms with E-state index >= 15 is 0 Å². The fraction of sp³-hybridized carbons (Fsp3) is 0.714. The Morgan fingerprint density at radius 1 is 1.32 bits per heavy atom. The molecule has 1 aliphatic heterocycles. The van der Waals surface area contributed by atoms with Gasteiger partial charge < -0.3 is 9.47 Å². The van der Waals surface area contributed by atoms with Crippen LogP contribution in [0.1, 0.15) is 50.2 Å². The van der Waals surface area contributed by atoms with Gasteiger partial charge in [0.2, 0.25) is 0 Å². The number of hydrogen-bond acceptors (Lipinski definition) is 3. The van der Waals surface area contributed by atoms with E-state index < -0.39 is 0 Å².